The van der Waals surface area contributed by atoms with E-state index in [0.717, 1.165) is 17.2 Å². The van der Waals surface area contributed by atoms with Crippen LogP contribution in [0.15, 0.2) is 47.6 Å². The van der Waals surface area contributed by atoms with Gasteiger partial charge in [-0.25, -0.2) is 8.78 Å². The summed E-state index contributed by atoms with van der Waals surface area (Å²) >= 11 is 0. The van der Waals surface area contributed by atoms with Crippen LogP contribution in [0, 0.1) is 18.6 Å². The van der Waals surface area contributed by atoms with Gasteiger partial charge < -0.3 is 4.84 Å². The van der Waals surface area contributed by atoms with Crippen LogP contribution < -0.4 is 0 Å². The average molecular weight is 261 g/mol. The number of benzene rings is 2. The SMILES string of the molecule is Cc1ccc(C=NOCc2cccc(F)c2F)cc1. The zero-order valence-corrected chi connectivity index (χ0v) is 10.4. The van der Waals surface area contributed by atoms with Crippen LogP contribution in [-0.4, -0.2) is 6.21 Å². The van der Waals surface area contributed by atoms with Gasteiger partial charge in [0.15, 0.2) is 11.6 Å². The molecule has 0 aromatic heterocycles. The highest BCUT2D eigenvalue weighted by atomic mass is 19.2. The van der Waals surface area contributed by atoms with Crippen LogP contribution in [0.3, 0.4) is 0 Å². The molecule has 0 atom stereocenters. The maximum Gasteiger partial charge on any atom is 0.165 e. The van der Waals surface area contributed by atoms with Gasteiger partial charge in [-0.2, -0.15) is 0 Å². The van der Waals surface area contributed by atoms with Crippen molar-refractivity contribution in [3.05, 3.63) is 70.8 Å². The van der Waals surface area contributed by atoms with Crippen LogP contribution in [0.25, 0.3) is 0 Å². The van der Waals surface area contributed by atoms with Gasteiger partial charge >= 0.3 is 0 Å². The molecule has 0 amide bonds. The van der Waals surface area contributed by atoms with Crippen molar-refractivity contribution in [3.8, 4) is 0 Å². The van der Waals surface area contributed by atoms with Gasteiger partial charge in [-0.1, -0.05) is 47.1 Å². The first-order valence-corrected chi connectivity index (χ1v) is 5.82. The second-order valence-corrected chi connectivity index (χ2v) is 4.13. The van der Waals surface area contributed by atoms with Crippen LogP contribution in [-0.2, 0) is 11.4 Å². The Labute approximate surface area is 110 Å². The van der Waals surface area contributed by atoms with Gasteiger partial charge in [0.05, 0.1) is 6.21 Å². The summed E-state index contributed by atoms with van der Waals surface area (Å²) in [5, 5.41) is 3.72. The van der Waals surface area contributed by atoms with Gasteiger partial charge in [0, 0.05) is 5.56 Å². The fraction of sp³-hybridized carbons (Fsp3) is 0.133. The second-order valence-electron chi connectivity index (χ2n) is 4.13. The van der Waals surface area contributed by atoms with Crippen molar-refractivity contribution in [1.29, 1.82) is 0 Å². The number of hydrogen-bond acceptors (Lipinski definition) is 2. The molecule has 2 aromatic rings. The average Bonchev–Trinajstić information content (AvgIpc) is 2.41. The molecule has 2 aromatic carbocycles. The van der Waals surface area contributed by atoms with E-state index in [2.05, 4.69) is 5.16 Å². The highest BCUT2D eigenvalue weighted by Gasteiger charge is 2.07. The van der Waals surface area contributed by atoms with Crippen molar-refractivity contribution in [2.45, 2.75) is 13.5 Å². The molecular formula is C15H13F2NO. The summed E-state index contributed by atoms with van der Waals surface area (Å²) < 4.78 is 26.2. The summed E-state index contributed by atoms with van der Waals surface area (Å²) in [6, 6.07) is 11.6. The van der Waals surface area contributed by atoms with Crippen molar-refractivity contribution >= 4 is 6.21 Å². The molecule has 0 saturated carbocycles. The minimum atomic E-state index is -0.895. The van der Waals surface area contributed by atoms with E-state index in [1.807, 2.05) is 31.2 Å². The minimum Gasteiger partial charge on any atom is -0.391 e. The van der Waals surface area contributed by atoms with E-state index in [0.29, 0.717) is 0 Å². The van der Waals surface area contributed by atoms with Crippen molar-refractivity contribution in [2.24, 2.45) is 5.16 Å². The van der Waals surface area contributed by atoms with Gasteiger partial charge in [0.25, 0.3) is 0 Å². The molecule has 4 heteroatoms. The lowest BCUT2D eigenvalue weighted by atomic mass is 10.2. The lowest BCUT2D eigenvalue weighted by Crippen LogP contribution is -1.95. The van der Waals surface area contributed by atoms with Gasteiger partial charge in [0.2, 0.25) is 0 Å². The third-order valence-electron chi connectivity index (χ3n) is 2.61. The summed E-state index contributed by atoms with van der Waals surface area (Å²) in [4.78, 5) is 4.95. The Morgan fingerprint density at radius 3 is 2.58 bits per heavy atom. The van der Waals surface area contributed by atoms with E-state index >= 15 is 0 Å². The van der Waals surface area contributed by atoms with Crippen molar-refractivity contribution < 1.29 is 13.6 Å². The molecule has 0 radical (unpaired) electrons. The zero-order chi connectivity index (χ0) is 13.7. The Bertz CT molecular complexity index is 579. The van der Waals surface area contributed by atoms with Crippen LogP contribution in [0.2, 0.25) is 0 Å². The van der Waals surface area contributed by atoms with Crippen LogP contribution in [0.5, 0.6) is 0 Å². The normalized spacial score (nSPS) is 10.9. The predicted molar refractivity (Wildman–Crippen MR) is 69.9 cm³/mol. The van der Waals surface area contributed by atoms with Gasteiger partial charge in [0.1, 0.15) is 6.61 Å². The summed E-state index contributed by atoms with van der Waals surface area (Å²) in [6.07, 6.45) is 1.52. The van der Waals surface area contributed by atoms with Gasteiger partial charge in [-0.15, -0.1) is 0 Å². The Kier molecular flexibility index (Phi) is 4.23. The van der Waals surface area contributed by atoms with E-state index in [1.165, 1.54) is 18.3 Å². The Morgan fingerprint density at radius 2 is 1.84 bits per heavy atom. The Morgan fingerprint density at radius 1 is 1.11 bits per heavy atom. The van der Waals surface area contributed by atoms with E-state index in [1.54, 1.807) is 0 Å². The number of nitrogens with zero attached hydrogens (tertiary/aromatic N) is 1. The standard InChI is InChI=1S/C15H13F2NO/c1-11-5-7-12(8-6-11)9-18-19-10-13-3-2-4-14(16)15(13)17/h2-9H,10H2,1H3. The molecule has 2 nitrogen and oxygen atoms in total. The smallest absolute Gasteiger partial charge is 0.165 e. The first-order valence-electron chi connectivity index (χ1n) is 5.82. The van der Waals surface area contributed by atoms with Crippen molar-refractivity contribution in [1.82, 2.24) is 0 Å². The summed E-state index contributed by atoms with van der Waals surface area (Å²) in [5.41, 5.74) is 2.17. The molecule has 0 unspecified atom stereocenters. The second kappa shape index (κ2) is 6.09. The molecule has 0 aliphatic rings. The number of aryl methyl sites for hydroxylation is 1. The third-order valence-corrected chi connectivity index (χ3v) is 2.61. The van der Waals surface area contributed by atoms with Crippen molar-refractivity contribution in [3.63, 3.8) is 0 Å². The van der Waals surface area contributed by atoms with Crippen LogP contribution in [0.4, 0.5) is 8.78 Å². The quantitative estimate of drug-likeness (QED) is 0.605. The van der Waals surface area contributed by atoms with Gasteiger partial charge in [-0.3, -0.25) is 0 Å². The van der Waals surface area contributed by atoms with E-state index in [9.17, 15) is 8.78 Å². The van der Waals surface area contributed by atoms with Crippen LogP contribution in [0.1, 0.15) is 16.7 Å². The molecule has 2 rings (SSSR count). The molecule has 0 aliphatic carbocycles. The fourth-order valence-electron chi connectivity index (χ4n) is 1.52. The van der Waals surface area contributed by atoms with E-state index < -0.39 is 11.6 Å². The maximum absolute atomic E-state index is 13.3. The number of rotatable bonds is 4. The predicted octanol–water partition coefficient (Wildman–Crippen LogP) is 3.82. The zero-order valence-electron chi connectivity index (χ0n) is 10.4. The topological polar surface area (TPSA) is 21.6 Å². The monoisotopic (exact) mass is 261 g/mol. The molecular weight excluding hydrogens is 248 g/mol. The molecule has 0 heterocycles. The first-order chi connectivity index (χ1) is 9.16. The van der Waals surface area contributed by atoms with Crippen molar-refractivity contribution in [2.75, 3.05) is 0 Å². The lowest BCUT2D eigenvalue weighted by Gasteiger charge is -2.02. The third kappa shape index (κ3) is 3.61. The minimum absolute atomic E-state index is 0.105. The molecule has 0 N–H and O–H groups in total. The fourth-order valence-corrected chi connectivity index (χ4v) is 1.52. The number of oxime groups is 1. The summed E-state index contributed by atoms with van der Waals surface area (Å²) in [6.45, 7) is 1.89. The Balaban J connectivity index is 1.93. The number of hydrogen-bond donors (Lipinski definition) is 0. The molecule has 19 heavy (non-hydrogen) atoms. The first kappa shape index (κ1) is 13.2. The molecule has 0 aliphatic heterocycles. The number of halogens is 2. The summed E-state index contributed by atoms with van der Waals surface area (Å²) in [5.74, 6) is -1.78. The molecule has 0 fully saturated rings. The van der Waals surface area contributed by atoms with E-state index in [-0.39, 0.29) is 12.2 Å². The van der Waals surface area contributed by atoms with Gasteiger partial charge in [-0.05, 0) is 18.6 Å². The summed E-state index contributed by atoms with van der Waals surface area (Å²) in [7, 11) is 0. The molecule has 0 spiro atoms. The largest absolute Gasteiger partial charge is 0.391 e. The molecule has 0 saturated heterocycles. The lowest BCUT2D eigenvalue weighted by molar-refractivity contribution is 0.129. The highest BCUT2D eigenvalue weighted by molar-refractivity contribution is 5.79. The van der Waals surface area contributed by atoms with Crippen LogP contribution >= 0.6 is 0 Å². The molecule has 98 valence electrons. The molecule has 0 bridgehead atoms. The highest BCUT2D eigenvalue weighted by Crippen LogP contribution is 2.12. The maximum atomic E-state index is 13.3. The van der Waals surface area contributed by atoms with E-state index in [4.69, 9.17) is 4.84 Å². The Hall–Kier alpha value is -2.23.